The maximum Gasteiger partial charge on any atom is 0.170 e. The minimum Gasteiger partial charge on any atom is -0.457 e. The summed E-state index contributed by atoms with van der Waals surface area (Å²) in [6, 6.07) is 22.0. The summed E-state index contributed by atoms with van der Waals surface area (Å²) in [6.45, 7) is 0.643. The van der Waals surface area contributed by atoms with Gasteiger partial charge in [-0.05, 0) is 78.8 Å². The molecule has 0 saturated carbocycles. The highest BCUT2D eigenvalue weighted by molar-refractivity contribution is 7.80. The topological polar surface area (TPSA) is 49.1 Å². The molecule has 4 aromatic rings. The highest BCUT2D eigenvalue weighted by Gasteiger charge is 2.05. The lowest BCUT2D eigenvalue weighted by Gasteiger charge is -2.11. The van der Waals surface area contributed by atoms with Crippen molar-refractivity contribution in [3.8, 4) is 11.5 Å². The summed E-state index contributed by atoms with van der Waals surface area (Å²) >= 11 is 5.36. The first-order valence-corrected chi connectivity index (χ1v) is 9.71. The van der Waals surface area contributed by atoms with Crippen LogP contribution in [0.15, 0.2) is 79.0 Å². The molecule has 0 spiro atoms. The van der Waals surface area contributed by atoms with E-state index in [2.05, 4.69) is 15.6 Å². The largest absolute Gasteiger partial charge is 0.457 e. The van der Waals surface area contributed by atoms with E-state index in [1.165, 1.54) is 6.07 Å². The van der Waals surface area contributed by atoms with Crippen LogP contribution in [0.3, 0.4) is 0 Å². The zero-order chi connectivity index (χ0) is 20.1. The summed E-state index contributed by atoms with van der Waals surface area (Å²) in [5, 5.41) is 7.78. The average Bonchev–Trinajstić information content (AvgIpc) is 3.12. The van der Waals surface area contributed by atoms with E-state index >= 15 is 0 Å². The first-order valence-electron chi connectivity index (χ1n) is 9.31. The number of rotatable bonds is 6. The van der Waals surface area contributed by atoms with Gasteiger partial charge >= 0.3 is 0 Å². The molecule has 0 fully saturated rings. The Hall–Kier alpha value is -3.38. The van der Waals surface area contributed by atoms with Crippen LogP contribution >= 0.6 is 12.2 Å². The molecule has 0 saturated heterocycles. The molecule has 0 aliphatic rings. The number of H-pyrrole nitrogens is 1. The smallest absolute Gasteiger partial charge is 0.170 e. The van der Waals surface area contributed by atoms with Crippen LogP contribution in [0.4, 0.5) is 10.1 Å². The van der Waals surface area contributed by atoms with Crippen molar-refractivity contribution >= 4 is 33.9 Å². The van der Waals surface area contributed by atoms with Gasteiger partial charge in [0.25, 0.3) is 0 Å². The third kappa shape index (κ3) is 4.92. The summed E-state index contributed by atoms with van der Waals surface area (Å²) in [5.41, 5.74) is 2.86. The number of aromatic nitrogens is 1. The molecular weight excluding hydrogens is 385 g/mol. The number of ether oxygens (including phenoxy) is 1. The predicted molar refractivity (Wildman–Crippen MR) is 119 cm³/mol. The average molecular weight is 405 g/mol. The van der Waals surface area contributed by atoms with E-state index in [1.807, 2.05) is 60.8 Å². The van der Waals surface area contributed by atoms with Gasteiger partial charge in [-0.15, -0.1) is 0 Å². The van der Waals surface area contributed by atoms with Gasteiger partial charge in [-0.2, -0.15) is 0 Å². The van der Waals surface area contributed by atoms with E-state index in [4.69, 9.17) is 17.0 Å². The zero-order valence-electron chi connectivity index (χ0n) is 15.6. The van der Waals surface area contributed by atoms with Crippen LogP contribution in [0.25, 0.3) is 10.9 Å². The summed E-state index contributed by atoms with van der Waals surface area (Å²) in [4.78, 5) is 3.16. The van der Waals surface area contributed by atoms with E-state index in [1.54, 1.807) is 12.1 Å². The Morgan fingerprint density at radius 2 is 1.72 bits per heavy atom. The molecule has 4 rings (SSSR count). The molecule has 0 amide bonds. The molecule has 29 heavy (non-hydrogen) atoms. The van der Waals surface area contributed by atoms with Gasteiger partial charge in [-0.1, -0.05) is 18.2 Å². The number of anilines is 1. The van der Waals surface area contributed by atoms with Gasteiger partial charge in [0.2, 0.25) is 0 Å². The van der Waals surface area contributed by atoms with Crippen LogP contribution in [-0.4, -0.2) is 16.6 Å². The Bertz CT molecular complexity index is 1110. The van der Waals surface area contributed by atoms with Gasteiger partial charge in [0.15, 0.2) is 5.11 Å². The lowest BCUT2D eigenvalue weighted by Crippen LogP contribution is -2.30. The number of hydrogen-bond donors (Lipinski definition) is 3. The van der Waals surface area contributed by atoms with E-state index in [9.17, 15) is 4.39 Å². The Morgan fingerprint density at radius 1 is 0.966 bits per heavy atom. The third-order valence-electron chi connectivity index (χ3n) is 4.50. The summed E-state index contributed by atoms with van der Waals surface area (Å²) in [7, 11) is 0. The van der Waals surface area contributed by atoms with Gasteiger partial charge in [-0.3, -0.25) is 0 Å². The maximum atomic E-state index is 13.5. The van der Waals surface area contributed by atoms with Gasteiger partial charge in [-0.25, -0.2) is 4.39 Å². The molecule has 0 aliphatic heterocycles. The molecule has 0 unspecified atom stereocenters. The van der Waals surface area contributed by atoms with Crippen LogP contribution < -0.4 is 15.4 Å². The van der Waals surface area contributed by atoms with E-state index in [-0.39, 0.29) is 5.82 Å². The monoisotopic (exact) mass is 405 g/mol. The summed E-state index contributed by atoms with van der Waals surface area (Å²) < 4.78 is 19.3. The normalized spacial score (nSPS) is 10.7. The Morgan fingerprint density at radius 3 is 2.52 bits per heavy atom. The second-order valence-corrected chi connectivity index (χ2v) is 6.98. The first-order chi connectivity index (χ1) is 14.2. The minimum absolute atomic E-state index is 0.233. The molecule has 146 valence electrons. The van der Waals surface area contributed by atoms with Gasteiger partial charge in [0.05, 0.1) is 0 Å². The van der Waals surface area contributed by atoms with Crippen molar-refractivity contribution in [3.63, 3.8) is 0 Å². The molecule has 3 aromatic carbocycles. The van der Waals surface area contributed by atoms with Crippen LogP contribution in [0, 0.1) is 5.82 Å². The molecule has 1 aromatic heterocycles. The number of halogens is 1. The highest BCUT2D eigenvalue weighted by Crippen LogP contribution is 2.23. The zero-order valence-corrected chi connectivity index (χ0v) is 16.4. The van der Waals surface area contributed by atoms with Crippen molar-refractivity contribution in [3.05, 3.63) is 90.4 Å². The van der Waals surface area contributed by atoms with Crippen molar-refractivity contribution in [1.82, 2.24) is 10.3 Å². The maximum absolute atomic E-state index is 13.5. The number of fused-ring (bicyclic) bond motifs is 1. The van der Waals surface area contributed by atoms with Gasteiger partial charge in [0, 0.05) is 29.3 Å². The molecule has 0 radical (unpaired) electrons. The Balaban J connectivity index is 1.27. The van der Waals surface area contributed by atoms with Crippen molar-refractivity contribution < 1.29 is 9.13 Å². The van der Waals surface area contributed by atoms with Gasteiger partial charge in [0.1, 0.15) is 17.3 Å². The van der Waals surface area contributed by atoms with Gasteiger partial charge < -0.3 is 20.4 Å². The number of hydrogen-bond acceptors (Lipinski definition) is 2. The lowest BCUT2D eigenvalue weighted by molar-refractivity contribution is 0.483. The molecule has 4 nitrogen and oxygen atoms in total. The van der Waals surface area contributed by atoms with Crippen molar-refractivity contribution in [2.24, 2.45) is 0 Å². The standard InChI is InChI=1S/C23H20FN3OS/c24-17-6-11-22-21(14-17)16(15-26-22)12-13-25-23(29)27-18-7-9-20(10-8-18)28-19-4-2-1-3-5-19/h1-11,14-15,26H,12-13H2,(H2,25,27,29). The first kappa shape index (κ1) is 19.0. The number of benzene rings is 3. The SMILES string of the molecule is Fc1ccc2[nH]cc(CCNC(=S)Nc3ccc(Oc4ccccc4)cc3)c2c1. The lowest BCUT2D eigenvalue weighted by atomic mass is 10.1. The van der Waals surface area contributed by atoms with E-state index in [0.717, 1.165) is 40.1 Å². The van der Waals surface area contributed by atoms with E-state index in [0.29, 0.717) is 11.7 Å². The number of para-hydroxylation sites is 1. The highest BCUT2D eigenvalue weighted by atomic mass is 32.1. The fourth-order valence-electron chi connectivity index (χ4n) is 3.07. The van der Waals surface area contributed by atoms with Crippen LogP contribution in [0.2, 0.25) is 0 Å². The fourth-order valence-corrected chi connectivity index (χ4v) is 3.29. The van der Waals surface area contributed by atoms with Crippen LogP contribution in [0.5, 0.6) is 11.5 Å². The fraction of sp³-hybridized carbons (Fsp3) is 0.0870. The molecular formula is C23H20FN3OS. The molecule has 6 heteroatoms. The molecule has 0 atom stereocenters. The quantitative estimate of drug-likeness (QED) is 0.364. The Labute approximate surface area is 173 Å². The van der Waals surface area contributed by atoms with Crippen LogP contribution in [-0.2, 0) is 6.42 Å². The summed E-state index contributed by atoms with van der Waals surface area (Å²) in [6.07, 6.45) is 2.64. The number of thiocarbonyl (C=S) groups is 1. The predicted octanol–water partition coefficient (Wildman–Crippen LogP) is 5.63. The van der Waals surface area contributed by atoms with E-state index < -0.39 is 0 Å². The second kappa shape index (κ2) is 8.75. The molecule has 1 heterocycles. The minimum atomic E-state index is -0.233. The van der Waals surface area contributed by atoms with Crippen molar-refractivity contribution in [2.45, 2.75) is 6.42 Å². The summed E-state index contributed by atoms with van der Waals surface area (Å²) in [5.74, 6) is 1.32. The molecule has 0 aliphatic carbocycles. The molecule has 0 bridgehead atoms. The molecule has 3 N–H and O–H groups in total. The van der Waals surface area contributed by atoms with Crippen molar-refractivity contribution in [2.75, 3.05) is 11.9 Å². The van der Waals surface area contributed by atoms with Crippen molar-refractivity contribution in [1.29, 1.82) is 0 Å². The van der Waals surface area contributed by atoms with Crippen LogP contribution in [0.1, 0.15) is 5.56 Å². The second-order valence-electron chi connectivity index (χ2n) is 6.57. The number of aromatic amines is 1. The third-order valence-corrected chi connectivity index (χ3v) is 4.75. The Kier molecular flexibility index (Phi) is 5.72. The number of nitrogens with one attached hydrogen (secondary N) is 3.